The molecule has 4 rings (SSSR count). The standard InChI is InChI=1S/C25H28N4O3/c1-3-29-12-4-5-20(29)15-26-24(31)18-8-6-17(7-9-18)21-14-22(28-25(32)27-21)19-10-11-23(30)16(2)13-19/h6-11,13-14,20,30H,3-5,12,15H2,1-2H3,(H,26,31)(H,27,28,32). The highest BCUT2D eigenvalue weighted by Crippen LogP contribution is 2.26. The highest BCUT2D eigenvalue weighted by Gasteiger charge is 2.23. The number of phenols is 1. The largest absolute Gasteiger partial charge is 0.508 e. The van der Waals surface area contributed by atoms with Crippen molar-refractivity contribution in [2.45, 2.75) is 32.7 Å². The number of aromatic amines is 1. The molecule has 166 valence electrons. The number of aromatic nitrogens is 2. The lowest BCUT2D eigenvalue weighted by Gasteiger charge is -2.22. The highest BCUT2D eigenvalue weighted by molar-refractivity contribution is 5.94. The van der Waals surface area contributed by atoms with Crippen LogP contribution in [0.2, 0.25) is 0 Å². The number of aromatic hydroxyl groups is 1. The molecule has 0 radical (unpaired) electrons. The predicted molar refractivity (Wildman–Crippen MR) is 125 cm³/mol. The van der Waals surface area contributed by atoms with Gasteiger partial charge in [-0.2, -0.15) is 4.98 Å². The first-order valence-corrected chi connectivity index (χ1v) is 11.0. The number of rotatable bonds is 6. The molecule has 0 aliphatic carbocycles. The van der Waals surface area contributed by atoms with Crippen LogP contribution in [0, 0.1) is 6.92 Å². The van der Waals surface area contributed by atoms with E-state index in [0.29, 0.717) is 35.1 Å². The topological polar surface area (TPSA) is 98.3 Å². The summed E-state index contributed by atoms with van der Waals surface area (Å²) in [6.45, 7) is 6.70. The molecule has 7 nitrogen and oxygen atoms in total. The average Bonchev–Trinajstić information content (AvgIpc) is 3.26. The Balaban J connectivity index is 1.50. The summed E-state index contributed by atoms with van der Waals surface area (Å²) >= 11 is 0. The molecule has 3 aromatic rings. The fourth-order valence-corrected chi connectivity index (χ4v) is 4.23. The van der Waals surface area contributed by atoms with E-state index in [1.807, 2.05) is 12.1 Å². The summed E-state index contributed by atoms with van der Waals surface area (Å²) in [4.78, 5) is 34.0. The maximum absolute atomic E-state index is 12.6. The van der Waals surface area contributed by atoms with Gasteiger partial charge in [-0.25, -0.2) is 4.79 Å². The lowest BCUT2D eigenvalue weighted by atomic mass is 10.0. The van der Waals surface area contributed by atoms with Gasteiger partial charge >= 0.3 is 5.69 Å². The molecule has 1 amide bonds. The highest BCUT2D eigenvalue weighted by atomic mass is 16.3. The Bertz CT molecular complexity index is 1170. The third-order valence-electron chi connectivity index (χ3n) is 6.10. The van der Waals surface area contributed by atoms with Crippen molar-refractivity contribution in [2.24, 2.45) is 0 Å². The first kappa shape index (κ1) is 21.8. The number of hydrogen-bond acceptors (Lipinski definition) is 5. The van der Waals surface area contributed by atoms with Gasteiger partial charge in [0, 0.05) is 23.7 Å². The number of likely N-dealkylation sites (N-methyl/N-ethyl adjacent to an activating group) is 1. The number of H-pyrrole nitrogens is 1. The van der Waals surface area contributed by atoms with Crippen LogP contribution in [0.25, 0.3) is 22.5 Å². The molecule has 1 unspecified atom stereocenters. The van der Waals surface area contributed by atoms with Crippen LogP contribution in [0.1, 0.15) is 35.7 Å². The van der Waals surface area contributed by atoms with E-state index in [4.69, 9.17) is 0 Å². The van der Waals surface area contributed by atoms with Gasteiger partial charge in [-0.05, 0) is 80.4 Å². The van der Waals surface area contributed by atoms with Crippen molar-refractivity contribution in [3.63, 3.8) is 0 Å². The predicted octanol–water partition coefficient (Wildman–Crippen LogP) is 3.33. The number of nitrogens with one attached hydrogen (secondary N) is 2. The molecule has 7 heteroatoms. The van der Waals surface area contributed by atoms with Crippen molar-refractivity contribution in [2.75, 3.05) is 19.6 Å². The van der Waals surface area contributed by atoms with Crippen LogP contribution < -0.4 is 11.0 Å². The summed E-state index contributed by atoms with van der Waals surface area (Å²) in [5, 5.41) is 12.8. The van der Waals surface area contributed by atoms with Gasteiger partial charge in [0.1, 0.15) is 5.75 Å². The van der Waals surface area contributed by atoms with Gasteiger partial charge in [0.15, 0.2) is 0 Å². The summed E-state index contributed by atoms with van der Waals surface area (Å²) in [7, 11) is 0. The molecule has 32 heavy (non-hydrogen) atoms. The Morgan fingerprint density at radius 2 is 1.94 bits per heavy atom. The second kappa shape index (κ2) is 9.36. The van der Waals surface area contributed by atoms with Crippen LogP contribution in [-0.2, 0) is 0 Å². The second-order valence-electron chi connectivity index (χ2n) is 8.20. The van der Waals surface area contributed by atoms with Crippen LogP contribution in [-0.4, -0.2) is 51.6 Å². The first-order valence-electron chi connectivity index (χ1n) is 11.0. The Labute approximate surface area is 187 Å². The maximum Gasteiger partial charge on any atom is 0.345 e. The first-order chi connectivity index (χ1) is 15.4. The van der Waals surface area contributed by atoms with Crippen LogP contribution in [0.3, 0.4) is 0 Å². The summed E-state index contributed by atoms with van der Waals surface area (Å²) in [5.41, 5.74) is 3.50. The summed E-state index contributed by atoms with van der Waals surface area (Å²) in [6, 6.07) is 14.5. The zero-order valence-electron chi connectivity index (χ0n) is 18.4. The van der Waals surface area contributed by atoms with Crippen molar-refractivity contribution in [1.82, 2.24) is 20.2 Å². The van der Waals surface area contributed by atoms with E-state index in [1.54, 1.807) is 43.3 Å². The molecule has 0 spiro atoms. The zero-order valence-corrected chi connectivity index (χ0v) is 18.4. The van der Waals surface area contributed by atoms with E-state index in [2.05, 4.69) is 27.1 Å². The Hall–Kier alpha value is -3.45. The number of nitrogens with zero attached hydrogens (tertiary/aromatic N) is 2. The van der Waals surface area contributed by atoms with Crippen molar-refractivity contribution in [3.8, 4) is 28.3 Å². The minimum Gasteiger partial charge on any atom is -0.508 e. The normalized spacial score (nSPS) is 16.2. The Morgan fingerprint density at radius 1 is 1.19 bits per heavy atom. The molecule has 1 saturated heterocycles. The molecule has 0 saturated carbocycles. The lowest BCUT2D eigenvalue weighted by Crippen LogP contribution is -2.40. The number of carbonyl (C=O) groups excluding carboxylic acids is 1. The Morgan fingerprint density at radius 3 is 2.66 bits per heavy atom. The third kappa shape index (κ3) is 4.73. The molecule has 1 aliphatic rings. The molecule has 1 fully saturated rings. The molecule has 2 heterocycles. The fraction of sp³-hybridized carbons (Fsp3) is 0.320. The van der Waals surface area contributed by atoms with Crippen molar-refractivity contribution in [3.05, 3.63) is 70.1 Å². The molecule has 1 atom stereocenters. The quantitative estimate of drug-likeness (QED) is 0.555. The molecule has 1 aliphatic heterocycles. The van der Waals surface area contributed by atoms with Crippen LogP contribution >= 0.6 is 0 Å². The average molecular weight is 433 g/mol. The van der Waals surface area contributed by atoms with Crippen molar-refractivity contribution in [1.29, 1.82) is 0 Å². The van der Waals surface area contributed by atoms with E-state index in [0.717, 1.165) is 30.6 Å². The number of phenolic OH excluding ortho intramolecular Hbond substituents is 1. The van der Waals surface area contributed by atoms with E-state index in [-0.39, 0.29) is 11.7 Å². The second-order valence-corrected chi connectivity index (χ2v) is 8.20. The minimum atomic E-state index is -0.456. The maximum atomic E-state index is 12.6. The van der Waals surface area contributed by atoms with Gasteiger partial charge in [0.05, 0.1) is 11.4 Å². The summed E-state index contributed by atoms with van der Waals surface area (Å²) < 4.78 is 0. The number of hydrogen-bond donors (Lipinski definition) is 3. The van der Waals surface area contributed by atoms with E-state index in [1.165, 1.54) is 6.42 Å². The van der Waals surface area contributed by atoms with Crippen molar-refractivity contribution >= 4 is 5.91 Å². The summed E-state index contributed by atoms with van der Waals surface area (Å²) in [6.07, 6.45) is 2.30. The zero-order chi connectivity index (χ0) is 22.7. The van der Waals surface area contributed by atoms with E-state index < -0.39 is 5.69 Å². The molecular weight excluding hydrogens is 404 g/mol. The van der Waals surface area contributed by atoms with Crippen LogP contribution in [0.4, 0.5) is 0 Å². The van der Waals surface area contributed by atoms with E-state index >= 15 is 0 Å². The number of likely N-dealkylation sites (tertiary alicyclic amines) is 1. The van der Waals surface area contributed by atoms with Gasteiger partial charge in [0.2, 0.25) is 0 Å². The van der Waals surface area contributed by atoms with Crippen molar-refractivity contribution < 1.29 is 9.90 Å². The molecule has 3 N–H and O–H groups in total. The minimum absolute atomic E-state index is 0.0945. The molecule has 1 aromatic heterocycles. The fourth-order valence-electron chi connectivity index (χ4n) is 4.23. The van der Waals surface area contributed by atoms with E-state index in [9.17, 15) is 14.7 Å². The van der Waals surface area contributed by atoms with Gasteiger partial charge in [-0.1, -0.05) is 19.1 Å². The van der Waals surface area contributed by atoms with Gasteiger partial charge in [-0.15, -0.1) is 0 Å². The summed E-state index contributed by atoms with van der Waals surface area (Å²) in [5.74, 6) is 0.103. The molecule has 0 bridgehead atoms. The lowest BCUT2D eigenvalue weighted by molar-refractivity contribution is 0.0941. The van der Waals surface area contributed by atoms with Gasteiger partial charge in [-0.3, -0.25) is 9.69 Å². The number of amides is 1. The Kier molecular flexibility index (Phi) is 6.37. The van der Waals surface area contributed by atoms with Crippen LogP contribution in [0.5, 0.6) is 5.75 Å². The SMILES string of the molecule is CCN1CCCC1CNC(=O)c1ccc(-c2cc(-c3ccc(O)c(C)c3)nc(=O)[nH]2)cc1. The smallest absolute Gasteiger partial charge is 0.345 e. The third-order valence-corrected chi connectivity index (χ3v) is 6.10. The molecule has 2 aromatic carbocycles. The number of carbonyl (C=O) groups is 1. The van der Waals surface area contributed by atoms with Crippen LogP contribution in [0.15, 0.2) is 53.3 Å². The molecular formula is C25H28N4O3. The van der Waals surface area contributed by atoms with Gasteiger partial charge in [0.25, 0.3) is 5.91 Å². The van der Waals surface area contributed by atoms with Gasteiger partial charge < -0.3 is 15.4 Å². The number of benzene rings is 2. The number of aryl methyl sites for hydroxylation is 1. The monoisotopic (exact) mass is 432 g/mol.